The number of nitrogens with one attached hydrogen (secondary N) is 1. The summed E-state index contributed by atoms with van der Waals surface area (Å²) in [7, 11) is 2.10. The number of carbonyl (C=O) groups is 1. The molecule has 88 valence electrons. The Kier molecular flexibility index (Phi) is 4.11. The molecule has 1 fully saturated rings. The van der Waals surface area contributed by atoms with Gasteiger partial charge in [-0.05, 0) is 40.3 Å². The van der Waals surface area contributed by atoms with Crippen molar-refractivity contribution >= 4 is 5.97 Å². The van der Waals surface area contributed by atoms with E-state index in [4.69, 9.17) is 5.11 Å². The normalized spacial score (nSPS) is 27.3. The molecule has 4 nitrogen and oxygen atoms in total. The number of hydrogen-bond acceptors (Lipinski definition) is 3. The minimum absolute atomic E-state index is 0.159. The van der Waals surface area contributed by atoms with E-state index in [1.807, 2.05) is 0 Å². The van der Waals surface area contributed by atoms with Crippen LogP contribution in [0.15, 0.2) is 0 Å². The van der Waals surface area contributed by atoms with Gasteiger partial charge in [0.2, 0.25) is 0 Å². The average Bonchev–Trinajstić information content (AvgIpc) is 2.26. The summed E-state index contributed by atoms with van der Waals surface area (Å²) in [5.74, 6) is -0.703. The first-order valence-corrected chi connectivity index (χ1v) is 5.59. The van der Waals surface area contributed by atoms with E-state index >= 15 is 0 Å². The van der Waals surface area contributed by atoms with Crippen LogP contribution < -0.4 is 5.32 Å². The van der Waals surface area contributed by atoms with Gasteiger partial charge in [-0.25, -0.2) is 0 Å². The lowest BCUT2D eigenvalue weighted by Gasteiger charge is -2.38. The molecule has 1 aliphatic heterocycles. The zero-order chi connectivity index (χ0) is 11.5. The fraction of sp³-hybridized carbons (Fsp3) is 0.909. The van der Waals surface area contributed by atoms with Gasteiger partial charge in [0.1, 0.15) is 0 Å². The van der Waals surface area contributed by atoms with Crippen LogP contribution in [0.25, 0.3) is 0 Å². The maximum atomic E-state index is 10.6. The monoisotopic (exact) mass is 214 g/mol. The van der Waals surface area contributed by atoms with Gasteiger partial charge in [0, 0.05) is 24.5 Å². The lowest BCUT2D eigenvalue weighted by Crippen LogP contribution is -2.48. The van der Waals surface area contributed by atoms with Gasteiger partial charge in [-0.2, -0.15) is 0 Å². The van der Waals surface area contributed by atoms with Crippen LogP contribution in [-0.4, -0.2) is 47.7 Å². The second-order valence-corrected chi connectivity index (χ2v) is 4.96. The summed E-state index contributed by atoms with van der Waals surface area (Å²) >= 11 is 0. The van der Waals surface area contributed by atoms with Crippen molar-refractivity contribution in [2.45, 2.75) is 44.7 Å². The third kappa shape index (κ3) is 3.47. The number of likely N-dealkylation sites (N-methyl/N-ethyl adjacent to an activating group) is 1. The van der Waals surface area contributed by atoms with E-state index in [2.05, 4.69) is 31.1 Å². The topological polar surface area (TPSA) is 52.6 Å². The van der Waals surface area contributed by atoms with E-state index < -0.39 is 5.97 Å². The highest BCUT2D eigenvalue weighted by molar-refractivity contribution is 5.66. The molecule has 0 aliphatic carbocycles. The van der Waals surface area contributed by atoms with Crippen LogP contribution in [0.1, 0.15) is 33.1 Å². The second kappa shape index (κ2) is 4.94. The SMILES string of the molecule is CN1C(CCC(=O)O)CNCCC1(C)C. The molecule has 0 spiro atoms. The Morgan fingerprint density at radius 1 is 1.60 bits per heavy atom. The molecule has 1 aliphatic rings. The summed E-state index contributed by atoms with van der Waals surface area (Å²) < 4.78 is 0. The maximum Gasteiger partial charge on any atom is 0.303 e. The number of carboxylic acid groups (broad SMARTS) is 1. The van der Waals surface area contributed by atoms with Gasteiger partial charge >= 0.3 is 5.97 Å². The molecular formula is C11H22N2O2. The zero-order valence-electron chi connectivity index (χ0n) is 9.92. The lowest BCUT2D eigenvalue weighted by atomic mass is 9.97. The summed E-state index contributed by atoms with van der Waals surface area (Å²) in [6.07, 6.45) is 2.09. The predicted octanol–water partition coefficient (Wildman–Crippen LogP) is 0.923. The summed E-state index contributed by atoms with van der Waals surface area (Å²) in [5.41, 5.74) is 0.159. The molecule has 1 atom stereocenters. The zero-order valence-corrected chi connectivity index (χ0v) is 9.92. The van der Waals surface area contributed by atoms with Crippen LogP contribution in [0.3, 0.4) is 0 Å². The Labute approximate surface area is 91.6 Å². The molecule has 15 heavy (non-hydrogen) atoms. The summed E-state index contributed by atoms with van der Waals surface area (Å²) in [4.78, 5) is 12.9. The Bertz CT molecular complexity index is 229. The number of nitrogens with zero attached hydrogens (tertiary/aromatic N) is 1. The highest BCUT2D eigenvalue weighted by Crippen LogP contribution is 2.23. The van der Waals surface area contributed by atoms with Gasteiger partial charge in [0.05, 0.1) is 0 Å². The molecule has 2 N–H and O–H groups in total. The third-order valence-electron chi connectivity index (χ3n) is 3.49. The van der Waals surface area contributed by atoms with Crippen LogP contribution in [0.4, 0.5) is 0 Å². The van der Waals surface area contributed by atoms with Crippen molar-refractivity contribution < 1.29 is 9.90 Å². The summed E-state index contributed by atoms with van der Waals surface area (Å²) in [6.45, 7) is 6.34. The summed E-state index contributed by atoms with van der Waals surface area (Å²) in [6, 6.07) is 0.332. The van der Waals surface area contributed by atoms with E-state index in [1.54, 1.807) is 0 Å². The molecule has 0 aromatic rings. The third-order valence-corrected chi connectivity index (χ3v) is 3.49. The first kappa shape index (κ1) is 12.5. The Morgan fingerprint density at radius 2 is 2.27 bits per heavy atom. The number of carboxylic acids is 1. The van der Waals surface area contributed by atoms with Crippen molar-refractivity contribution in [1.82, 2.24) is 10.2 Å². The molecule has 0 radical (unpaired) electrons. The molecule has 1 rings (SSSR count). The fourth-order valence-electron chi connectivity index (χ4n) is 2.06. The minimum atomic E-state index is -0.703. The van der Waals surface area contributed by atoms with E-state index in [0.29, 0.717) is 6.04 Å². The molecule has 0 amide bonds. The predicted molar refractivity (Wildman–Crippen MR) is 60.0 cm³/mol. The van der Waals surface area contributed by atoms with Gasteiger partial charge in [-0.15, -0.1) is 0 Å². The lowest BCUT2D eigenvalue weighted by molar-refractivity contribution is -0.137. The smallest absolute Gasteiger partial charge is 0.303 e. The molecular weight excluding hydrogens is 192 g/mol. The summed E-state index contributed by atoms with van der Waals surface area (Å²) in [5, 5.41) is 12.1. The van der Waals surface area contributed by atoms with E-state index in [9.17, 15) is 4.79 Å². The molecule has 0 bridgehead atoms. The molecule has 1 saturated heterocycles. The van der Waals surface area contributed by atoms with E-state index in [1.165, 1.54) is 0 Å². The second-order valence-electron chi connectivity index (χ2n) is 4.96. The number of hydrogen-bond donors (Lipinski definition) is 2. The fourth-order valence-corrected chi connectivity index (χ4v) is 2.06. The van der Waals surface area contributed by atoms with Crippen molar-refractivity contribution in [2.75, 3.05) is 20.1 Å². The first-order valence-electron chi connectivity index (χ1n) is 5.59. The quantitative estimate of drug-likeness (QED) is 0.733. The van der Waals surface area contributed by atoms with Gasteiger partial charge in [-0.3, -0.25) is 9.69 Å². The first-order chi connectivity index (χ1) is 6.93. The Morgan fingerprint density at radius 3 is 2.87 bits per heavy atom. The van der Waals surface area contributed by atoms with Crippen LogP contribution >= 0.6 is 0 Å². The molecule has 1 heterocycles. The van der Waals surface area contributed by atoms with Crippen molar-refractivity contribution in [1.29, 1.82) is 0 Å². The van der Waals surface area contributed by atoms with Gasteiger partial charge < -0.3 is 10.4 Å². The van der Waals surface area contributed by atoms with Crippen LogP contribution in [0, 0.1) is 0 Å². The highest BCUT2D eigenvalue weighted by atomic mass is 16.4. The van der Waals surface area contributed by atoms with Crippen molar-refractivity contribution in [3.63, 3.8) is 0 Å². The molecule has 0 aromatic carbocycles. The highest BCUT2D eigenvalue weighted by Gasteiger charge is 2.31. The largest absolute Gasteiger partial charge is 0.481 e. The Balaban J connectivity index is 2.57. The van der Waals surface area contributed by atoms with Crippen molar-refractivity contribution in [2.24, 2.45) is 0 Å². The van der Waals surface area contributed by atoms with Crippen LogP contribution in [0.5, 0.6) is 0 Å². The average molecular weight is 214 g/mol. The number of aliphatic carboxylic acids is 1. The Hall–Kier alpha value is -0.610. The molecule has 4 heteroatoms. The van der Waals surface area contributed by atoms with Gasteiger partial charge in [0.15, 0.2) is 0 Å². The van der Waals surface area contributed by atoms with Crippen molar-refractivity contribution in [3.05, 3.63) is 0 Å². The van der Waals surface area contributed by atoms with Gasteiger partial charge in [-0.1, -0.05) is 0 Å². The maximum absolute atomic E-state index is 10.6. The van der Waals surface area contributed by atoms with E-state index in [0.717, 1.165) is 25.9 Å². The van der Waals surface area contributed by atoms with Crippen LogP contribution in [0.2, 0.25) is 0 Å². The molecule has 1 unspecified atom stereocenters. The number of rotatable bonds is 3. The van der Waals surface area contributed by atoms with E-state index in [-0.39, 0.29) is 12.0 Å². The van der Waals surface area contributed by atoms with Gasteiger partial charge in [0.25, 0.3) is 0 Å². The standard InChI is InChI=1S/C11H22N2O2/c1-11(2)6-7-12-8-9(13(11)3)4-5-10(14)15/h9,12H,4-8H2,1-3H3,(H,14,15). The molecule has 0 saturated carbocycles. The van der Waals surface area contributed by atoms with Crippen LogP contribution in [-0.2, 0) is 4.79 Å². The minimum Gasteiger partial charge on any atom is -0.481 e. The van der Waals surface area contributed by atoms with Crippen molar-refractivity contribution in [3.8, 4) is 0 Å². The molecule has 0 aromatic heterocycles.